The molecule has 0 aliphatic carbocycles. The fourth-order valence-corrected chi connectivity index (χ4v) is 2.71. The Bertz CT molecular complexity index is 876. The summed E-state index contributed by atoms with van der Waals surface area (Å²) in [5.41, 5.74) is 2.07. The highest BCUT2D eigenvalue weighted by atomic mass is 16.4. The second kappa shape index (κ2) is 6.64. The van der Waals surface area contributed by atoms with Gasteiger partial charge in [0.2, 0.25) is 5.91 Å². The second-order valence-corrected chi connectivity index (χ2v) is 5.76. The quantitative estimate of drug-likeness (QED) is 0.685. The largest absolute Gasteiger partial charge is 0.507 e. The topological polar surface area (TPSA) is 116 Å². The lowest BCUT2D eigenvalue weighted by Gasteiger charge is -2.10. The van der Waals surface area contributed by atoms with E-state index in [9.17, 15) is 19.5 Å². The average Bonchev–Trinajstić information content (AvgIpc) is 2.74. The fourth-order valence-electron chi connectivity index (χ4n) is 2.71. The van der Waals surface area contributed by atoms with Crippen molar-refractivity contribution in [2.24, 2.45) is 0 Å². The van der Waals surface area contributed by atoms with Crippen LogP contribution in [-0.2, 0) is 11.2 Å². The van der Waals surface area contributed by atoms with Gasteiger partial charge < -0.3 is 20.8 Å². The standard InChI is InChI=1S/C18H16N2O5/c21-15-9-12(5-6-13(15)18(24)25)19-17(23)11-4-7-14-10(8-11)2-1-3-16(22)20-14/h4-9,21H,1-3H2,(H,19,23)(H,20,22)(H,24,25). The maximum absolute atomic E-state index is 12.4. The number of hydrogen-bond donors (Lipinski definition) is 4. The molecule has 1 heterocycles. The maximum Gasteiger partial charge on any atom is 0.339 e. The first kappa shape index (κ1) is 16.5. The maximum atomic E-state index is 12.4. The van der Waals surface area contributed by atoms with E-state index in [0.717, 1.165) is 5.56 Å². The number of carboxylic acids is 1. The number of benzene rings is 2. The molecule has 0 radical (unpaired) electrons. The summed E-state index contributed by atoms with van der Waals surface area (Å²) in [6.07, 6.45) is 1.86. The lowest BCUT2D eigenvalue weighted by atomic mass is 10.0. The first-order valence-corrected chi connectivity index (χ1v) is 7.74. The minimum atomic E-state index is -1.25. The smallest absolute Gasteiger partial charge is 0.339 e. The van der Waals surface area contributed by atoms with Gasteiger partial charge in [-0.05, 0) is 48.7 Å². The monoisotopic (exact) mass is 340 g/mol. The van der Waals surface area contributed by atoms with Gasteiger partial charge in [0.15, 0.2) is 0 Å². The molecule has 1 aliphatic heterocycles. The number of carbonyl (C=O) groups excluding carboxylic acids is 2. The van der Waals surface area contributed by atoms with Crippen molar-refractivity contribution in [1.29, 1.82) is 0 Å². The van der Waals surface area contributed by atoms with Crippen molar-refractivity contribution in [2.45, 2.75) is 19.3 Å². The van der Waals surface area contributed by atoms with E-state index in [1.165, 1.54) is 18.2 Å². The average molecular weight is 340 g/mol. The summed E-state index contributed by atoms with van der Waals surface area (Å²) >= 11 is 0. The molecule has 0 aromatic heterocycles. The summed E-state index contributed by atoms with van der Waals surface area (Å²) in [6, 6.07) is 8.83. The zero-order chi connectivity index (χ0) is 18.0. The highest BCUT2D eigenvalue weighted by Crippen LogP contribution is 2.25. The molecule has 1 aliphatic rings. The van der Waals surface area contributed by atoms with Crippen molar-refractivity contribution in [1.82, 2.24) is 0 Å². The van der Waals surface area contributed by atoms with E-state index in [0.29, 0.717) is 30.5 Å². The summed E-state index contributed by atoms with van der Waals surface area (Å²) in [5, 5.41) is 24.0. The zero-order valence-electron chi connectivity index (χ0n) is 13.2. The molecular weight excluding hydrogens is 324 g/mol. The number of fused-ring (bicyclic) bond motifs is 1. The molecule has 4 N–H and O–H groups in total. The highest BCUT2D eigenvalue weighted by Gasteiger charge is 2.16. The van der Waals surface area contributed by atoms with Crippen LogP contribution in [0.5, 0.6) is 5.75 Å². The minimum absolute atomic E-state index is 0.0371. The van der Waals surface area contributed by atoms with E-state index in [4.69, 9.17) is 5.11 Å². The van der Waals surface area contributed by atoms with Crippen molar-refractivity contribution < 1.29 is 24.6 Å². The van der Waals surface area contributed by atoms with Gasteiger partial charge in [-0.25, -0.2) is 4.79 Å². The Morgan fingerprint density at radius 3 is 2.60 bits per heavy atom. The zero-order valence-corrected chi connectivity index (χ0v) is 13.2. The molecule has 0 bridgehead atoms. The highest BCUT2D eigenvalue weighted by molar-refractivity contribution is 6.05. The molecule has 128 valence electrons. The first-order chi connectivity index (χ1) is 11.9. The molecule has 2 amide bonds. The number of aryl methyl sites for hydroxylation is 1. The van der Waals surface area contributed by atoms with Gasteiger partial charge in [0.25, 0.3) is 5.91 Å². The van der Waals surface area contributed by atoms with Gasteiger partial charge in [0.1, 0.15) is 11.3 Å². The molecule has 0 unspecified atom stereocenters. The third-order valence-electron chi connectivity index (χ3n) is 3.98. The summed E-state index contributed by atoms with van der Waals surface area (Å²) in [6.45, 7) is 0. The third-order valence-corrected chi connectivity index (χ3v) is 3.98. The summed E-state index contributed by atoms with van der Waals surface area (Å²) in [7, 11) is 0. The van der Waals surface area contributed by atoms with Crippen molar-refractivity contribution in [2.75, 3.05) is 10.6 Å². The van der Waals surface area contributed by atoms with E-state index in [1.807, 2.05) is 0 Å². The Labute approximate surface area is 143 Å². The van der Waals surface area contributed by atoms with Crippen LogP contribution in [0.15, 0.2) is 36.4 Å². The molecule has 0 saturated carbocycles. The summed E-state index contributed by atoms with van der Waals surface area (Å²) in [5.74, 6) is -2.09. The number of aromatic hydroxyl groups is 1. The second-order valence-electron chi connectivity index (χ2n) is 5.76. The number of phenols is 1. The van der Waals surface area contributed by atoms with Crippen LogP contribution in [-0.4, -0.2) is 28.0 Å². The molecule has 0 saturated heterocycles. The van der Waals surface area contributed by atoms with Gasteiger partial charge in [-0.2, -0.15) is 0 Å². The minimum Gasteiger partial charge on any atom is -0.507 e. The Morgan fingerprint density at radius 1 is 1.08 bits per heavy atom. The lowest BCUT2D eigenvalue weighted by molar-refractivity contribution is -0.116. The van der Waals surface area contributed by atoms with Crippen LogP contribution < -0.4 is 10.6 Å². The summed E-state index contributed by atoms with van der Waals surface area (Å²) < 4.78 is 0. The van der Waals surface area contributed by atoms with Gasteiger partial charge in [0.05, 0.1) is 0 Å². The number of carboxylic acid groups (broad SMARTS) is 1. The Hall–Kier alpha value is -3.35. The molecule has 0 atom stereocenters. The van der Waals surface area contributed by atoms with E-state index >= 15 is 0 Å². The van der Waals surface area contributed by atoms with Gasteiger partial charge in [-0.1, -0.05) is 0 Å². The van der Waals surface area contributed by atoms with Gasteiger partial charge in [-0.3, -0.25) is 9.59 Å². The van der Waals surface area contributed by atoms with Crippen LogP contribution in [0.3, 0.4) is 0 Å². The fraction of sp³-hybridized carbons (Fsp3) is 0.167. The Kier molecular flexibility index (Phi) is 4.38. The van der Waals surface area contributed by atoms with Gasteiger partial charge >= 0.3 is 5.97 Å². The number of rotatable bonds is 3. The molecule has 7 heteroatoms. The van der Waals surface area contributed by atoms with Crippen LogP contribution >= 0.6 is 0 Å². The molecular formula is C18H16N2O5. The van der Waals surface area contributed by atoms with E-state index < -0.39 is 11.7 Å². The first-order valence-electron chi connectivity index (χ1n) is 7.74. The van der Waals surface area contributed by atoms with Crippen molar-refractivity contribution in [3.63, 3.8) is 0 Å². The van der Waals surface area contributed by atoms with Gasteiger partial charge in [0, 0.05) is 29.4 Å². The SMILES string of the molecule is O=C1CCCc2cc(C(=O)Nc3ccc(C(=O)O)c(O)c3)ccc2N1. The van der Waals surface area contributed by atoms with Crippen LogP contribution in [0, 0.1) is 0 Å². The van der Waals surface area contributed by atoms with Crippen LogP contribution in [0.4, 0.5) is 11.4 Å². The number of nitrogens with one attached hydrogen (secondary N) is 2. The summed E-state index contributed by atoms with van der Waals surface area (Å²) in [4.78, 5) is 34.8. The van der Waals surface area contributed by atoms with Crippen molar-refractivity contribution >= 4 is 29.2 Å². The number of aromatic carboxylic acids is 1. The predicted molar refractivity (Wildman–Crippen MR) is 91.0 cm³/mol. The van der Waals surface area contributed by atoms with Crippen LogP contribution in [0.25, 0.3) is 0 Å². The Morgan fingerprint density at radius 2 is 1.88 bits per heavy atom. The van der Waals surface area contributed by atoms with Crippen molar-refractivity contribution in [3.8, 4) is 5.75 Å². The van der Waals surface area contributed by atoms with Crippen molar-refractivity contribution in [3.05, 3.63) is 53.1 Å². The molecule has 2 aromatic rings. The van der Waals surface area contributed by atoms with E-state index in [-0.39, 0.29) is 23.1 Å². The lowest BCUT2D eigenvalue weighted by Crippen LogP contribution is -2.13. The normalized spacial score (nSPS) is 13.4. The molecule has 25 heavy (non-hydrogen) atoms. The van der Waals surface area contributed by atoms with Gasteiger partial charge in [-0.15, -0.1) is 0 Å². The molecule has 3 rings (SSSR count). The number of carbonyl (C=O) groups is 3. The third kappa shape index (κ3) is 3.60. The molecule has 0 fully saturated rings. The van der Waals surface area contributed by atoms with E-state index in [2.05, 4.69) is 10.6 Å². The number of anilines is 2. The van der Waals surface area contributed by atoms with E-state index in [1.54, 1.807) is 18.2 Å². The molecule has 7 nitrogen and oxygen atoms in total. The molecule has 2 aromatic carbocycles. The van der Waals surface area contributed by atoms with Crippen LogP contribution in [0.1, 0.15) is 39.1 Å². The number of amides is 2. The Balaban J connectivity index is 1.80. The predicted octanol–water partition coefficient (Wildman–Crippen LogP) is 2.62. The molecule has 0 spiro atoms. The van der Waals surface area contributed by atoms with Crippen LogP contribution in [0.2, 0.25) is 0 Å². The number of hydrogen-bond acceptors (Lipinski definition) is 4.